The van der Waals surface area contributed by atoms with E-state index in [4.69, 9.17) is 10.5 Å². The predicted octanol–water partition coefficient (Wildman–Crippen LogP) is 2.64. The van der Waals surface area contributed by atoms with Gasteiger partial charge in [0.25, 0.3) is 0 Å². The Kier molecular flexibility index (Phi) is 5.86. The molecule has 0 aliphatic heterocycles. The fourth-order valence-electron chi connectivity index (χ4n) is 1.86. The lowest BCUT2D eigenvalue weighted by Gasteiger charge is -2.08. The topological polar surface area (TPSA) is 53.1 Å². The summed E-state index contributed by atoms with van der Waals surface area (Å²) in [6, 6.07) is 6.21. The third-order valence-electron chi connectivity index (χ3n) is 2.81. The predicted molar refractivity (Wildman–Crippen MR) is 79.9 cm³/mol. The number of ether oxygens (including phenoxy) is 1. The van der Waals surface area contributed by atoms with Crippen LogP contribution < -0.4 is 10.5 Å². The van der Waals surface area contributed by atoms with Gasteiger partial charge in [-0.15, -0.1) is 12.4 Å². The van der Waals surface area contributed by atoms with Crippen molar-refractivity contribution >= 4 is 12.4 Å². The van der Waals surface area contributed by atoms with Crippen LogP contribution in [0.25, 0.3) is 11.1 Å². The van der Waals surface area contributed by atoms with Crippen LogP contribution in [0.1, 0.15) is 12.5 Å². The molecule has 2 rings (SSSR count). The summed E-state index contributed by atoms with van der Waals surface area (Å²) in [5.74, 6) is 0.932. The highest BCUT2D eigenvalue weighted by Gasteiger charge is 2.05. The minimum absolute atomic E-state index is 0. The van der Waals surface area contributed by atoms with E-state index in [1.54, 1.807) is 0 Å². The van der Waals surface area contributed by atoms with Gasteiger partial charge >= 0.3 is 0 Å². The Morgan fingerprint density at radius 3 is 2.79 bits per heavy atom. The highest BCUT2D eigenvalue weighted by molar-refractivity contribution is 5.85. The standard InChI is InChI=1S/C14H19N3O.ClH/c1-3-18-14-8-12(5-4-11(14)2)13-9-16-17(10-13)7-6-15;/h4-5,8-10H,3,6-7,15H2,1-2H3;1H. The molecular weight excluding hydrogens is 262 g/mol. The molecule has 2 N–H and O–H groups in total. The highest BCUT2D eigenvalue weighted by atomic mass is 35.5. The van der Waals surface area contributed by atoms with Crippen LogP contribution in [-0.2, 0) is 6.54 Å². The van der Waals surface area contributed by atoms with Crippen molar-refractivity contribution < 1.29 is 4.74 Å². The number of rotatable bonds is 5. The van der Waals surface area contributed by atoms with Crippen molar-refractivity contribution in [2.24, 2.45) is 5.73 Å². The molecule has 0 bridgehead atoms. The van der Waals surface area contributed by atoms with Crippen molar-refractivity contribution in [3.8, 4) is 16.9 Å². The molecule has 0 spiro atoms. The Balaban J connectivity index is 0.00000180. The number of hydrogen-bond donors (Lipinski definition) is 1. The zero-order chi connectivity index (χ0) is 13.0. The van der Waals surface area contributed by atoms with E-state index >= 15 is 0 Å². The van der Waals surface area contributed by atoms with Gasteiger partial charge in [-0.2, -0.15) is 5.10 Å². The van der Waals surface area contributed by atoms with E-state index < -0.39 is 0 Å². The van der Waals surface area contributed by atoms with E-state index in [9.17, 15) is 0 Å². The average Bonchev–Trinajstić information content (AvgIpc) is 2.81. The summed E-state index contributed by atoms with van der Waals surface area (Å²) >= 11 is 0. The monoisotopic (exact) mass is 281 g/mol. The van der Waals surface area contributed by atoms with Gasteiger partial charge in [-0.3, -0.25) is 4.68 Å². The first kappa shape index (κ1) is 15.5. The largest absolute Gasteiger partial charge is 0.494 e. The number of nitrogens with zero attached hydrogens (tertiary/aromatic N) is 2. The van der Waals surface area contributed by atoms with Crippen LogP contribution in [0.5, 0.6) is 5.75 Å². The lowest BCUT2D eigenvalue weighted by atomic mass is 10.1. The van der Waals surface area contributed by atoms with Crippen LogP contribution in [0, 0.1) is 6.92 Å². The van der Waals surface area contributed by atoms with Gasteiger partial charge in [-0.1, -0.05) is 12.1 Å². The first-order valence-electron chi connectivity index (χ1n) is 6.21. The van der Waals surface area contributed by atoms with Crippen LogP contribution in [0.4, 0.5) is 0 Å². The normalized spacial score (nSPS) is 10.1. The third-order valence-corrected chi connectivity index (χ3v) is 2.81. The van der Waals surface area contributed by atoms with Crippen molar-refractivity contribution in [2.75, 3.05) is 13.2 Å². The molecule has 4 nitrogen and oxygen atoms in total. The van der Waals surface area contributed by atoms with Crippen LogP contribution in [0.15, 0.2) is 30.6 Å². The molecule has 1 aromatic heterocycles. The Labute approximate surface area is 120 Å². The van der Waals surface area contributed by atoms with Crippen LogP contribution >= 0.6 is 12.4 Å². The molecule has 5 heteroatoms. The van der Waals surface area contributed by atoms with Crippen LogP contribution in [0.3, 0.4) is 0 Å². The van der Waals surface area contributed by atoms with E-state index in [0.717, 1.165) is 29.0 Å². The summed E-state index contributed by atoms with van der Waals surface area (Å²) in [5, 5.41) is 4.28. The maximum atomic E-state index is 5.61. The first-order chi connectivity index (χ1) is 8.74. The second-order valence-corrected chi connectivity index (χ2v) is 4.19. The maximum absolute atomic E-state index is 5.61. The van der Waals surface area contributed by atoms with Crippen molar-refractivity contribution in [2.45, 2.75) is 20.4 Å². The van der Waals surface area contributed by atoms with Gasteiger partial charge in [0.15, 0.2) is 0 Å². The molecule has 0 unspecified atom stereocenters. The van der Waals surface area contributed by atoms with Gasteiger partial charge < -0.3 is 10.5 Å². The van der Waals surface area contributed by atoms with Crippen molar-refractivity contribution in [1.82, 2.24) is 9.78 Å². The number of aromatic nitrogens is 2. The molecule has 0 saturated carbocycles. The summed E-state index contributed by atoms with van der Waals surface area (Å²) in [6.45, 7) is 6.05. The Bertz CT molecular complexity index is 525. The minimum atomic E-state index is 0. The molecule has 0 atom stereocenters. The molecule has 19 heavy (non-hydrogen) atoms. The minimum Gasteiger partial charge on any atom is -0.494 e. The highest BCUT2D eigenvalue weighted by Crippen LogP contribution is 2.26. The van der Waals surface area contributed by atoms with Crippen molar-refractivity contribution in [3.63, 3.8) is 0 Å². The molecule has 1 aromatic carbocycles. The van der Waals surface area contributed by atoms with E-state index in [-0.39, 0.29) is 12.4 Å². The smallest absolute Gasteiger partial charge is 0.122 e. The first-order valence-corrected chi connectivity index (χ1v) is 6.21. The van der Waals surface area contributed by atoms with Gasteiger partial charge in [0.1, 0.15) is 5.75 Å². The molecule has 0 aliphatic rings. The van der Waals surface area contributed by atoms with E-state index in [1.807, 2.05) is 30.9 Å². The summed E-state index contributed by atoms with van der Waals surface area (Å²) in [7, 11) is 0. The summed E-state index contributed by atoms with van der Waals surface area (Å²) in [5.41, 5.74) is 8.86. The van der Waals surface area contributed by atoms with Crippen LogP contribution in [-0.4, -0.2) is 22.9 Å². The maximum Gasteiger partial charge on any atom is 0.122 e. The average molecular weight is 282 g/mol. The molecule has 104 valence electrons. The van der Waals surface area contributed by atoms with Gasteiger partial charge in [0, 0.05) is 18.3 Å². The van der Waals surface area contributed by atoms with Crippen molar-refractivity contribution in [3.05, 3.63) is 36.2 Å². The molecule has 0 amide bonds. The Morgan fingerprint density at radius 1 is 1.32 bits per heavy atom. The van der Waals surface area contributed by atoms with Gasteiger partial charge in [0.2, 0.25) is 0 Å². The Hall–Kier alpha value is -1.52. The van der Waals surface area contributed by atoms with Crippen LogP contribution in [0.2, 0.25) is 0 Å². The van der Waals surface area contributed by atoms with E-state index in [2.05, 4.69) is 23.3 Å². The van der Waals surface area contributed by atoms with Gasteiger partial charge in [0.05, 0.1) is 19.3 Å². The second-order valence-electron chi connectivity index (χ2n) is 4.19. The molecule has 0 fully saturated rings. The van der Waals surface area contributed by atoms with Crippen molar-refractivity contribution in [1.29, 1.82) is 0 Å². The third kappa shape index (κ3) is 3.72. The molecular formula is C14H20ClN3O. The van der Waals surface area contributed by atoms with Gasteiger partial charge in [-0.05, 0) is 31.0 Å². The molecule has 0 saturated heterocycles. The summed E-state index contributed by atoms with van der Waals surface area (Å²) in [6.07, 6.45) is 3.86. The number of benzene rings is 1. The molecule has 1 heterocycles. The molecule has 0 aliphatic carbocycles. The molecule has 2 aromatic rings. The number of hydrogen-bond acceptors (Lipinski definition) is 3. The number of halogens is 1. The fourth-order valence-corrected chi connectivity index (χ4v) is 1.86. The summed E-state index contributed by atoms with van der Waals surface area (Å²) < 4.78 is 7.46. The quantitative estimate of drug-likeness (QED) is 0.917. The van der Waals surface area contributed by atoms with E-state index in [1.165, 1.54) is 0 Å². The number of nitrogens with two attached hydrogens (primary N) is 1. The zero-order valence-electron chi connectivity index (χ0n) is 11.3. The summed E-state index contributed by atoms with van der Waals surface area (Å²) in [4.78, 5) is 0. The second kappa shape index (κ2) is 7.16. The number of aryl methyl sites for hydroxylation is 1. The Morgan fingerprint density at radius 2 is 2.11 bits per heavy atom. The lowest BCUT2D eigenvalue weighted by Crippen LogP contribution is -2.09. The van der Waals surface area contributed by atoms with Gasteiger partial charge in [-0.25, -0.2) is 0 Å². The molecule has 0 radical (unpaired) electrons. The SMILES string of the molecule is CCOc1cc(-c2cnn(CCN)c2)ccc1C.Cl. The lowest BCUT2D eigenvalue weighted by molar-refractivity contribution is 0.338. The zero-order valence-corrected chi connectivity index (χ0v) is 12.1. The van der Waals surface area contributed by atoms with E-state index in [0.29, 0.717) is 13.2 Å². The fraction of sp³-hybridized carbons (Fsp3) is 0.357.